The largest absolute Gasteiger partial charge is 0.492 e. The standard InChI is InChI=1S/C25H28N2OS/c1-19(2)27-17-22(29-25(27)26-16-15-20-9-4-3-5-10-20)18-28-24-14-8-12-21-11-6-7-13-23(21)24/h3-14,19,22H,15-18H2,1-2H3/t22-/m0/s1. The van der Waals surface area contributed by atoms with Crippen LogP contribution in [0.2, 0.25) is 0 Å². The van der Waals surface area contributed by atoms with Crippen LogP contribution in [0.5, 0.6) is 5.75 Å². The van der Waals surface area contributed by atoms with E-state index in [1.165, 1.54) is 16.3 Å². The molecule has 3 nitrogen and oxygen atoms in total. The van der Waals surface area contributed by atoms with Gasteiger partial charge in [0.1, 0.15) is 12.4 Å². The molecule has 29 heavy (non-hydrogen) atoms. The molecule has 3 aromatic carbocycles. The molecule has 1 saturated heterocycles. The number of amidine groups is 1. The molecule has 0 amide bonds. The minimum atomic E-state index is 0.395. The summed E-state index contributed by atoms with van der Waals surface area (Å²) in [7, 11) is 0. The van der Waals surface area contributed by atoms with E-state index in [4.69, 9.17) is 9.73 Å². The number of nitrogens with zero attached hydrogens (tertiary/aromatic N) is 2. The summed E-state index contributed by atoms with van der Waals surface area (Å²) in [6.45, 7) is 6.98. The number of rotatable bonds is 7. The van der Waals surface area contributed by atoms with Crippen molar-refractivity contribution in [3.8, 4) is 5.75 Å². The van der Waals surface area contributed by atoms with Crippen molar-refractivity contribution < 1.29 is 4.74 Å². The Hall–Kier alpha value is -2.46. The van der Waals surface area contributed by atoms with Crippen LogP contribution in [0.25, 0.3) is 10.8 Å². The number of benzene rings is 3. The van der Waals surface area contributed by atoms with Crippen molar-refractivity contribution in [2.75, 3.05) is 19.7 Å². The minimum absolute atomic E-state index is 0.395. The summed E-state index contributed by atoms with van der Waals surface area (Å²) in [5.74, 6) is 0.967. The van der Waals surface area contributed by atoms with Crippen molar-refractivity contribution in [2.24, 2.45) is 4.99 Å². The first-order chi connectivity index (χ1) is 14.2. The van der Waals surface area contributed by atoms with Crippen LogP contribution >= 0.6 is 11.8 Å². The lowest BCUT2D eigenvalue weighted by Gasteiger charge is -2.22. The zero-order valence-corrected chi connectivity index (χ0v) is 17.9. The summed E-state index contributed by atoms with van der Waals surface area (Å²) in [4.78, 5) is 7.34. The molecule has 1 fully saturated rings. The highest BCUT2D eigenvalue weighted by Crippen LogP contribution is 2.30. The lowest BCUT2D eigenvalue weighted by molar-refractivity contribution is 0.288. The van der Waals surface area contributed by atoms with Crippen LogP contribution in [-0.4, -0.2) is 41.1 Å². The van der Waals surface area contributed by atoms with E-state index in [-0.39, 0.29) is 0 Å². The Labute approximate surface area is 177 Å². The van der Waals surface area contributed by atoms with Crippen molar-refractivity contribution >= 4 is 27.7 Å². The van der Waals surface area contributed by atoms with E-state index in [1.54, 1.807) is 0 Å². The van der Waals surface area contributed by atoms with Gasteiger partial charge in [-0.1, -0.05) is 78.5 Å². The zero-order chi connectivity index (χ0) is 20.1. The van der Waals surface area contributed by atoms with E-state index in [9.17, 15) is 0 Å². The molecule has 3 aromatic rings. The van der Waals surface area contributed by atoms with E-state index in [0.29, 0.717) is 17.9 Å². The third-order valence-corrected chi connectivity index (χ3v) is 6.40. The molecule has 0 aliphatic carbocycles. The molecule has 0 unspecified atom stereocenters. The van der Waals surface area contributed by atoms with Gasteiger partial charge in [-0.25, -0.2) is 0 Å². The summed E-state index contributed by atoms with van der Waals surface area (Å²) in [5, 5.41) is 3.95. The molecular weight excluding hydrogens is 376 g/mol. The first-order valence-corrected chi connectivity index (χ1v) is 11.2. The molecule has 1 aliphatic heterocycles. The maximum atomic E-state index is 6.25. The second kappa shape index (κ2) is 9.36. The van der Waals surface area contributed by atoms with E-state index < -0.39 is 0 Å². The summed E-state index contributed by atoms with van der Waals surface area (Å²) in [6.07, 6.45) is 0.980. The van der Waals surface area contributed by atoms with Gasteiger partial charge in [-0.3, -0.25) is 4.99 Å². The maximum absolute atomic E-state index is 6.25. The fourth-order valence-corrected chi connectivity index (χ4v) is 4.88. The van der Waals surface area contributed by atoms with Crippen LogP contribution in [0.15, 0.2) is 77.8 Å². The number of hydrogen-bond acceptors (Lipinski definition) is 3. The Kier molecular flexibility index (Phi) is 6.40. The Bertz CT molecular complexity index is 965. The molecule has 0 bridgehead atoms. The van der Waals surface area contributed by atoms with Crippen LogP contribution in [0.3, 0.4) is 0 Å². The first kappa shape index (κ1) is 19.8. The first-order valence-electron chi connectivity index (χ1n) is 10.3. The van der Waals surface area contributed by atoms with Gasteiger partial charge in [0.25, 0.3) is 0 Å². The maximum Gasteiger partial charge on any atom is 0.159 e. The lowest BCUT2D eigenvalue weighted by Crippen LogP contribution is -2.33. The average molecular weight is 405 g/mol. The minimum Gasteiger partial charge on any atom is -0.492 e. The molecule has 0 saturated carbocycles. The van der Waals surface area contributed by atoms with Crippen LogP contribution in [0.1, 0.15) is 19.4 Å². The summed E-state index contributed by atoms with van der Waals surface area (Å²) in [5.41, 5.74) is 1.34. The molecule has 1 heterocycles. The molecule has 0 aromatic heterocycles. The molecule has 0 spiro atoms. The predicted octanol–water partition coefficient (Wildman–Crippen LogP) is 5.64. The predicted molar refractivity (Wildman–Crippen MR) is 125 cm³/mol. The molecule has 150 valence electrons. The van der Waals surface area contributed by atoms with Crippen LogP contribution in [0.4, 0.5) is 0 Å². The fourth-order valence-electron chi connectivity index (χ4n) is 3.63. The van der Waals surface area contributed by atoms with E-state index >= 15 is 0 Å². The third kappa shape index (κ3) is 4.94. The Morgan fingerprint density at radius 3 is 2.59 bits per heavy atom. The smallest absolute Gasteiger partial charge is 0.159 e. The van der Waals surface area contributed by atoms with Crippen LogP contribution in [0, 0.1) is 0 Å². The lowest BCUT2D eigenvalue weighted by atomic mass is 10.1. The SMILES string of the molecule is CC(C)N1C[C@@H](COc2cccc3ccccc23)SC1=NCCc1ccccc1. The van der Waals surface area contributed by atoms with Gasteiger partial charge >= 0.3 is 0 Å². The summed E-state index contributed by atoms with van der Waals surface area (Å²) >= 11 is 1.86. The second-order valence-electron chi connectivity index (χ2n) is 7.67. The van der Waals surface area contributed by atoms with Gasteiger partial charge in [0, 0.05) is 24.5 Å². The van der Waals surface area contributed by atoms with Crippen molar-refractivity contribution in [1.82, 2.24) is 4.90 Å². The van der Waals surface area contributed by atoms with Crippen molar-refractivity contribution in [2.45, 2.75) is 31.6 Å². The van der Waals surface area contributed by atoms with Gasteiger partial charge in [0.15, 0.2) is 5.17 Å². The second-order valence-corrected chi connectivity index (χ2v) is 8.94. The highest BCUT2D eigenvalue weighted by atomic mass is 32.2. The summed E-state index contributed by atoms with van der Waals surface area (Å²) in [6, 6.07) is 25.7. The molecule has 1 atom stereocenters. The molecule has 0 N–H and O–H groups in total. The summed E-state index contributed by atoms with van der Waals surface area (Å²) < 4.78 is 6.25. The van der Waals surface area contributed by atoms with Gasteiger partial charge in [-0.2, -0.15) is 0 Å². The normalized spacial score (nSPS) is 18.1. The molecule has 1 aliphatic rings. The molecular formula is C25H28N2OS. The van der Waals surface area contributed by atoms with E-state index in [1.807, 2.05) is 11.8 Å². The highest BCUT2D eigenvalue weighted by Gasteiger charge is 2.30. The van der Waals surface area contributed by atoms with Gasteiger partial charge in [-0.05, 0) is 37.3 Å². The van der Waals surface area contributed by atoms with E-state index in [2.05, 4.69) is 91.5 Å². The van der Waals surface area contributed by atoms with Crippen molar-refractivity contribution in [3.63, 3.8) is 0 Å². The number of aliphatic imine (C=N–C) groups is 1. The van der Waals surface area contributed by atoms with Gasteiger partial charge in [0.05, 0.1) is 5.25 Å². The topological polar surface area (TPSA) is 24.8 Å². The molecule has 4 heteroatoms. The number of hydrogen-bond donors (Lipinski definition) is 0. The van der Waals surface area contributed by atoms with Crippen molar-refractivity contribution in [3.05, 3.63) is 78.4 Å². The Morgan fingerprint density at radius 1 is 1.00 bits per heavy atom. The monoisotopic (exact) mass is 404 g/mol. The van der Waals surface area contributed by atoms with Gasteiger partial charge in [0.2, 0.25) is 0 Å². The zero-order valence-electron chi connectivity index (χ0n) is 17.1. The fraction of sp³-hybridized carbons (Fsp3) is 0.320. The number of fused-ring (bicyclic) bond motifs is 1. The van der Waals surface area contributed by atoms with E-state index in [0.717, 1.165) is 30.4 Å². The van der Waals surface area contributed by atoms with Crippen LogP contribution < -0.4 is 4.74 Å². The number of thioether (sulfide) groups is 1. The molecule has 4 rings (SSSR count). The highest BCUT2D eigenvalue weighted by molar-refractivity contribution is 8.14. The van der Waals surface area contributed by atoms with Crippen LogP contribution in [-0.2, 0) is 6.42 Å². The quantitative estimate of drug-likeness (QED) is 0.509. The number of ether oxygens (including phenoxy) is 1. The van der Waals surface area contributed by atoms with Gasteiger partial charge in [-0.15, -0.1) is 0 Å². The Morgan fingerprint density at radius 2 is 1.76 bits per heavy atom. The third-order valence-electron chi connectivity index (χ3n) is 5.21. The average Bonchev–Trinajstić information content (AvgIpc) is 3.16. The van der Waals surface area contributed by atoms with Crippen molar-refractivity contribution in [1.29, 1.82) is 0 Å². The Balaban J connectivity index is 1.39. The van der Waals surface area contributed by atoms with Gasteiger partial charge < -0.3 is 9.64 Å². The molecule has 0 radical (unpaired) electrons.